The number of hydrogen-bond acceptors (Lipinski definition) is 5. The summed E-state index contributed by atoms with van der Waals surface area (Å²) >= 11 is 0. The summed E-state index contributed by atoms with van der Waals surface area (Å²) in [6, 6.07) is 18.7. The minimum Gasteiger partial charge on any atom is -0.497 e. The molecule has 0 radical (unpaired) electrons. The standard InChI is InChI=1S/C22H22N2O4/c1-26-19-10-8-16(9-11-19)14-28-15-17-5-3-6-18(13-17)24-21(25)20-7-4-12-23-22(20)27-2/h3-13H,14-15H2,1-2H3,(H,24,25). The van der Waals surface area contributed by atoms with Gasteiger partial charge in [-0.25, -0.2) is 4.98 Å². The second kappa shape index (κ2) is 9.53. The number of nitrogens with zero attached hydrogens (tertiary/aromatic N) is 1. The SMILES string of the molecule is COc1ccc(COCc2cccc(NC(=O)c3cccnc3OC)c2)cc1. The topological polar surface area (TPSA) is 69.7 Å². The minimum absolute atomic E-state index is 0.277. The van der Waals surface area contributed by atoms with Crippen molar-refractivity contribution in [1.29, 1.82) is 0 Å². The number of rotatable bonds is 8. The lowest BCUT2D eigenvalue weighted by Gasteiger charge is -2.10. The summed E-state index contributed by atoms with van der Waals surface area (Å²) in [5.74, 6) is 0.831. The molecule has 0 aliphatic carbocycles. The fourth-order valence-electron chi connectivity index (χ4n) is 2.67. The molecule has 3 aromatic rings. The van der Waals surface area contributed by atoms with Gasteiger partial charge in [0.1, 0.15) is 11.3 Å². The molecule has 2 aromatic carbocycles. The molecule has 0 saturated carbocycles. The van der Waals surface area contributed by atoms with Gasteiger partial charge in [0.15, 0.2) is 0 Å². The van der Waals surface area contributed by atoms with Crippen LogP contribution in [0.3, 0.4) is 0 Å². The molecule has 144 valence electrons. The van der Waals surface area contributed by atoms with E-state index in [2.05, 4.69) is 10.3 Å². The summed E-state index contributed by atoms with van der Waals surface area (Å²) in [7, 11) is 3.13. The lowest BCUT2D eigenvalue weighted by atomic mass is 10.2. The maximum absolute atomic E-state index is 12.5. The number of aromatic nitrogens is 1. The third-order valence-corrected chi connectivity index (χ3v) is 4.09. The third kappa shape index (κ3) is 5.08. The van der Waals surface area contributed by atoms with Gasteiger partial charge >= 0.3 is 0 Å². The molecular weight excluding hydrogens is 356 g/mol. The third-order valence-electron chi connectivity index (χ3n) is 4.09. The van der Waals surface area contributed by atoms with Crippen molar-refractivity contribution in [3.63, 3.8) is 0 Å². The maximum Gasteiger partial charge on any atom is 0.261 e. The van der Waals surface area contributed by atoms with Crippen LogP contribution in [0.15, 0.2) is 66.9 Å². The Labute approximate surface area is 164 Å². The Morgan fingerprint density at radius 3 is 2.46 bits per heavy atom. The zero-order valence-electron chi connectivity index (χ0n) is 15.8. The number of nitrogens with one attached hydrogen (secondary N) is 1. The quantitative estimate of drug-likeness (QED) is 0.640. The van der Waals surface area contributed by atoms with Crippen LogP contribution in [0.1, 0.15) is 21.5 Å². The molecule has 3 rings (SSSR count). The first-order valence-corrected chi connectivity index (χ1v) is 8.79. The van der Waals surface area contributed by atoms with Gasteiger partial charge in [-0.05, 0) is 47.5 Å². The summed E-state index contributed by atoms with van der Waals surface area (Å²) in [5.41, 5.74) is 3.09. The number of carbonyl (C=O) groups excluding carboxylic acids is 1. The van der Waals surface area contributed by atoms with Crippen LogP contribution in [-0.2, 0) is 18.0 Å². The summed E-state index contributed by atoms with van der Waals surface area (Å²) in [6.07, 6.45) is 1.58. The van der Waals surface area contributed by atoms with Crippen molar-refractivity contribution in [1.82, 2.24) is 4.98 Å². The molecule has 28 heavy (non-hydrogen) atoms. The number of carbonyl (C=O) groups is 1. The number of amides is 1. The fraction of sp³-hybridized carbons (Fsp3) is 0.182. The van der Waals surface area contributed by atoms with Crippen molar-refractivity contribution in [2.24, 2.45) is 0 Å². The van der Waals surface area contributed by atoms with Gasteiger partial charge in [0, 0.05) is 11.9 Å². The predicted octanol–water partition coefficient (Wildman–Crippen LogP) is 4.07. The van der Waals surface area contributed by atoms with E-state index in [4.69, 9.17) is 14.2 Å². The fourth-order valence-corrected chi connectivity index (χ4v) is 2.67. The summed E-state index contributed by atoms with van der Waals surface area (Å²) in [4.78, 5) is 16.5. The number of pyridine rings is 1. The Bertz CT molecular complexity index is 926. The van der Waals surface area contributed by atoms with Gasteiger partial charge in [0.2, 0.25) is 5.88 Å². The molecule has 1 amide bonds. The van der Waals surface area contributed by atoms with Gasteiger partial charge in [0.25, 0.3) is 5.91 Å². The number of methoxy groups -OCH3 is 2. The van der Waals surface area contributed by atoms with E-state index in [0.29, 0.717) is 30.3 Å². The highest BCUT2D eigenvalue weighted by atomic mass is 16.5. The second-order valence-electron chi connectivity index (χ2n) is 6.06. The molecule has 6 nitrogen and oxygen atoms in total. The largest absolute Gasteiger partial charge is 0.497 e. The molecule has 0 aliphatic heterocycles. The molecule has 0 aliphatic rings. The van der Waals surface area contributed by atoms with Gasteiger partial charge in [-0.15, -0.1) is 0 Å². The zero-order valence-corrected chi connectivity index (χ0v) is 15.8. The van der Waals surface area contributed by atoms with Crippen LogP contribution in [0.25, 0.3) is 0 Å². The van der Waals surface area contributed by atoms with Crippen molar-refractivity contribution in [2.45, 2.75) is 13.2 Å². The van der Waals surface area contributed by atoms with E-state index in [1.807, 2.05) is 48.5 Å². The van der Waals surface area contributed by atoms with Crippen LogP contribution in [0.5, 0.6) is 11.6 Å². The van der Waals surface area contributed by atoms with Crippen LogP contribution >= 0.6 is 0 Å². The van der Waals surface area contributed by atoms with Crippen LogP contribution < -0.4 is 14.8 Å². The molecule has 1 aromatic heterocycles. The van der Waals surface area contributed by atoms with E-state index in [1.165, 1.54) is 7.11 Å². The van der Waals surface area contributed by atoms with Gasteiger partial charge < -0.3 is 19.5 Å². The highest BCUT2D eigenvalue weighted by Crippen LogP contribution is 2.18. The average molecular weight is 378 g/mol. The van der Waals surface area contributed by atoms with Gasteiger partial charge in [-0.3, -0.25) is 4.79 Å². The summed E-state index contributed by atoms with van der Waals surface area (Å²) in [6.45, 7) is 0.930. The lowest BCUT2D eigenvalue weighted by Crippen LogP contribution is -2.13. The van der Waals surface area contributed by atoms with E-state index in [-0.39, 0.29) is 5.91 Å². The first kappa shape index (κ1) is 19.4. The van der Waals surface area contributed by atoms with Crippen LogP contribution in [0.2, 0.25) is 0 Å². The Hall–Kier alpha value is -3.38. The molecule has 1 N–H and O–H groups in total. The molecule has 1 heterocycles. The zero-order chi connectivity index (χ0) is 19.8. The minimum atomic E-state index is -0.277. The Kier molecular flexibility index (Phi) is 6.59. The normalized spacial score (nSPS) is 10.4. The van der Waals surface area contributed by atoms with Crippen molar-refractivity contribution in [2.75, 3.05) is 19.5 Å². The molecule has 0 bridgehead atoms. The number of ether oxygens (including phenoxy) is 3. The number of benzene rings is 2. The van der Waals surface area contributed by atoms with E-state index in [1.54, 1.807) is 25.4 Å². The van der Waals surface area contributed by atoms with Gasteiger partial charge in [-0.1, -0.05) is 24.3 Å². The lowest BCUT2D eigenvalue weighted by molar-refractivity contribution is 0.102. The van der Waals surface area contributed by atoms with Gasteiger partial charge in [-0.2, -0.15) is 0 Å². The monoisotopic (exact) mass is 378 g/mol. The molecule has 0 fully saturated rings. The highest BCUT2D eigenvalue weighted by Gasteiger charge is 2.13. The first-order valence-electron chi connectivity index (χ1n) is 8.79. The molecular formula is C22H22N2O4. The molecule has 6 heteroatoms. The Morgan fingerprint density at radius 2 is 1.71 bits per heavy atom. The smallest absolute Gasteiger partial charge is 0.261 e. The van der Waals surface area contributed by atoms with Crippen molar-refractivity contribution < 1.29 is 19.0 Å². The van der Waals surface area contributed by atoms with E-state index >= 15 is 0 Å². The summed E-state index contributed by atoms with van der Waals surface area (Å²) in [5, 5.41) is 2.87. The van der Waals surface area contributed by atoms with Crippen molar-refractivity contribution in [3.05, 3.63) is 83.6 Å². The second-order valence-corrected chi connectivity index (χ2v) is 6.06. The molecule has 0 atom stereocenters. The van der Waals surface area contributed by atoms with Crippen LogP contribution in [-0.4, -0.2) is 25.1 Å². The highest BCUT2D eigenvalue weighted by molar-refractivity contribution is 6.05. The predicted molar refractivity (Wildman–Crippen MR) is 107 cm³/mol. The van der Waals surface area contributed by atoms with Crippen LogP contribution in [0.4, 0.5) is 5.69 Å². The summed E-state index contributed by atoms with van der Waals surface area (Å²) < 4.78 is 16.1. The van der Waals surface area contributed by atoms with E-state index in [9.17, 15) is 4.79 Å². The number of anilines is 1. The Balaban J connectivity index is 1.58. The first-order chi connectivity index (χ1) is 13.7. The average Bonchev–Trinajstić information content (AvgIpc) is 2.74. The van der Waals surface area contributed by atoms with Gasteiger partial charge in [0.05, 0.1) is 27.4 Å². The molecule has 0 saturated heterocycles. The van der Waals surface area contributed by atoms with E-state index < -0.39 is 0 Å². The van der Waals surface area contributed by atoms with E-state index in [0.717, 1.165) is 16.9 Å². The number of hydrogen-bond donors (Lipinski definition) is 1. The molecule has 0 spiro atoms. The maximum atomic E-state index is 12.5. The van der Waals surface area contributed by atoms with Crippen LogP contribution in [0, 0.1) is 0 Å². The molecule has 0 unspecified atom stereocenters. The Morgan fingerprint density at radius 1 is 0.929 bits per heavy atom. The van der Waals surface area contributed by atoms with Crippen molar-refractivity contribution in [3.8, 4) is 11.6 Å². The van der Waals surface area contributed by atoms with Crippen molar-refractivity contribution >= 4 is 11.6 Å².